The summed E-state index contributed by atoms with van der Waals surface area (Å²) in [6.45, 7) is 4.68. The number of amidine groups is 2. The molecule has 1 N–H and O–H groups in total. The number of hydrogen-bond donors (Lipinski definition) is 1. The van der Waals surface area contributed by atoms with E-state index >= 15 is 0 Å². The van der Waals surface area contributed by atoms with Gasteiger partial charge in [0.2, 0.25) is 5.17 Å². The number of ether oxygens (including phenoxy) is 1. The molecule has 0 spiro atoms. The molecule has 0 fully saturated rings. The molecule has 152 valence electrons. The molecule has 7 heteroatoms. The third-order valence-corrected chi connectivity index (χ3v) is 5.43. The summed E-state index contributed by atoms with van der Waals surface area (Å²) in [5.41, 5.74) is 2.06. The molecule has 4 rings (SSSR count). The molecule has 0 aromatic heterocycles. The zero-order chi connectivity index (χ0) is 21.1. The van der Waals surface area contributed by atoms with Crippen LogP contribution < -0.4 is 4.74 Å². The number of rotatable bonds is 6. The maximum Gasteiger partial charge on any atom is 0.283 e. The highest BCUT2D eigenvalue weighted by Gasteiger charge is 2.35. The number of amides is 1. The van der Waals surface area contributed by atoms with Crippen LogP contribution in [0.5, 0.6) is 5.75 Å². The topological polar surface area (TPSA) is 78.1 Å². The second-order valence-corrected chi connectivity index (χ2v) is 8.50. The second kappa shape index (κ2) is 8.67. The van der Waals surface area contributed by atoms with Gasteiger partial charge in [0.05, 0.1) is 5.57 Å². The molecule has 2 aromatic rings. The van der Waals surface area contributed by atoms with E-state index in [9.17, 15) is 4.79 Å². The molecule has 2 aromatic carbocycles. The predicted molar refractivity (Wildman–Crippen MR) is 122 cm³/mol. The molecule has 0 atom stereocenters. The van der Waals surface area contributed by atoms with E-state index in [2.05, 4.69) is 23.9 Å². The van der Waals surface area contributed by atoms with E-state index < -0.39 is 5.91 Å². The molecule has 2 aliphatic rings. The van der Waals surface area contributed by atoms with Crippen molar-refractivity contribution in [3.63, 3.8) is 0 Å². The van der Waals surface area contributed by atoms with Crippen molar-refractivity contribution in [1.82, 2.24) is 5.01 Å². The first-order valence-electron chi connectivity index (χ1n) is 9.75. The summed E-state index contributed by atoms with van der Waals surface area (Å²) in [4.78, 5) is 16.7. The maximum atomic E-state index is 12.6. The first kappa shape index (κ1) is 20.1. The monoisotopic (exact) mass is 418 g/mol. The van der Waals surface area contributed by atoms with Gasteiger partial charge in [-0.15, -0.1) is 0 Å². The molecular weight excluding hydrogens is 396 g/mol. The Labute approximate surface area is 179 Å². The van der Waals surface area contributed by atoms with Gasteiger partial charge in [-0.1, -0.05) is 56.3 Å². The number of nitrogens with one attached hydrogen (secondary N) is 1. The van der Waals surface area contributed by atoms with Crippen LogP contribution in [0.4, 0.5) is 0 Å². The van der Waals surface area contributed by atoms with Gasteiger partial charge in [-0.25, -0.2) is 0 Å². The lowest BCUT2D eigenvalue weighted by Crippen LogP contribution is -2.35. The van der Waals surface area contributed by atoms with Crippen molar-refractivity contribution >= 4 is 39.8 Å². The fourth-order valence-electron chi connectivity index (χ4n) is 3.07. The Morgan fingerprint density at radius 3 is 2.73 bits per heavy atom. The van der Waals surface area contributed by atoms with Gasteiger partial charge in [0.25, 0.3) is 5.91 Å². The third-order valence-electron chi connectivity index (χ3n) is 4.50. The summed E-state index contributed by atoms with van der Waals surface area (Å²) in [6, 6.07) is 17.4. The van der Waals surface area contributed by atoms with Crippen LogP contribution in [-0.4, -0.2) is 27.0 Å². The number of thioether (sulfide) groups is 1. The van der Waals surface area contributed by atoms with Gasteiger partial charge in [0.1, 0.15) is 17.4 Å². The minimum absolute atomic E-state index is 0.0480. The van der Waals surface area contributed by atoms with Gasteiger partial charge in [0, 0.05) is 6.42 Å². The lowest BCUT2D eigenvalue weighted by atomic mass is 10.1. The van der Waals surface area contributed by atoms with Gasteiger partial charge < -0.3 is 4.74 Å². The van der Waals surface area contributed by atoms with Crippen LogP contribution >= 0.6 is 11.8 Å². The van der Waals surface area contributed by atoms with Crippen molar-refractivity contribution in [3.05, 3.63) is 71.3 Å². The van der Waals surface area contributed by atoms with Crippen molar-refractivity contribution in [2.45, 2.75) is 26.9 Å². The Hall–Kier alpha value is -3.19. The van der Waals surface area contributed by atoms with Crippen LogP contribution in [0.15, 0.2) is 70.3 Å². The Morgan fingerprint density at radius 2 is 1.97 bits per heavy atom. The van der Waals surface area contributed by atoms with Crippen LogP contribution in [0, 0.1) is 11.3 Å². The number of fused-ring (bicyclic) bond motifs is 1. The Bertz CT molecular complexity index is 1070. The number of hydrazone groups is 1. The average molecular weight is 419 g/mol. The van der Waals surface area contributed by atoms with E-state index in [1.165, 1.54) is 16.8 Å². The van der Waals surface area contributed by atoms with Crippen molar-refractivity contribution in [2.75, 3.05) is 0 Å². The van der Waals surface area contributed by atoms with Crippen LogP contribution in [-0.2, 0) is 11.4 Å². The molecule has 0 saturated carbocycles. The van der Waals surface area contributed by atoms with Crippen molar-refractivity contribution in [1.29, 1.82) is 5.41 Å². The second-order valence-electron chi connectivity index (χ2n) is 7.46. The molecule has 6 nitrogen and oxygen atoms in total. The minimum atomic E-state index is -0.421. The Kier molecular flexibility index (Phi) is 5.81. The van der Waals surface area contributed by atoms with Crippen molar-refractivity contribution in [2.24, 2.45) is 16.0 Å². The molecular formula is C23H22N4O2S. The summed E-state index contributed by atoms with van der Waals surface area (Å²) in [5, 5.41) is 15.7. The smallest absolute Gasteiger partial charge is 0.283 e. The molecule has 2 aliphatic heterocycles. The molecule has 30 heavy (non-hydrogen) atoms. The zero-order valence-electron chi connectivity index (χ0n) is 16.8. The summed E-state index contributed by atoms with van der Waals surface area (Å²) < 4.78 is 5.86. The number of nitrogens with zero attached hydrogens (tertiary/aromatic N) is 3. The summed E-state index contributed by atoms with van der Waals surface area (Å²) in [7, 11) is 0. The highest BCUT2D eigenvalue weighted by atomic mass is 32.2. The van der Waals surface area contributed by atoms with Gasteiger partial charge in [-0.05, 0) is 47.0 Å². The van der Waals surface area contributed by atoms with E-state index in [0.717, 1.165) is 22.6 Å². The summed E-state index contributed by atoms with van der Waals surface area (Å²) in [5.74, 6) is 0.764. The highest BCUT2D eigenvalue weighted by molar-refractivity contribution is 8.26. The van der Waals surface area contributed by atoms with Crippen LogP contribution in [0.25, 0.3) is 6.08 Å². The first-order valence-corrected chi connectivity index (χ1v) is 10.6. The first-order chi connectivity index (χ1) is 14.5. The van der Waals surface area contributed by atoms with E-state index in [1.54, 1.807) is 6.08 Å². The molecule has 0 radical (unpaired) electrons. The van der Waals surface area contributed by atoms with Gasteiger partial charge >= 0.3 is 0 Å². The van der Waals surface area contributed by atoms with E-state index in [4.69, 9.17) is 10.1 Å². The molecule has 0 saturated heterocycles. The molecule has 0 aliphatic carbocycles. The number of hydrogen-bond acceptors (Lipinski definition) is 5. The van der Waals surface area contributed by atoms with Crippen molar-refractivity contribution < 1.29 is 9.53 Å². The minimum Gasteiger partial charge on any atom is -0.489 e. The number of benzene rings is 2. The van der Waals surface area contributed by atoms with Crippen molar-refractivity contribution in [3.8, 4) is 5.75 Å². The highest BCUT2D eigenvalue weighted by Crippen LogP contribution is 2.30. The fourth-order valence-corrected chi connectivity index (χ4v) is 4.16. The Morgan fingerprint density at radius 1 is 1.17 bits per heavy atom. The van der Waals surface area contributed by atoms with Gasteiger partial charge in [-0.2, -0.15) is 15.1 Å². The van der Waals surface area contributed by atoms with Crippen LogP contribution in [0.2, 0.25) is 0 Å². The van der Waals surface area contributed by atoms with Crippen LogP contribution in [0.3, 0.4) is 0 Å². The third kappa shape index (κ3) is 4.52. The number of carbonyl (C=O) groups is 1. The Balaban J connectivity index is 1.53. The normalized spacial score (nSPS) is 17.3. The SMILES string of the molecule is CC(C)CC1=NN2C(=N)/C(=C/c3cccc(OCc4ccccc4)c3)C(=O)N=C2S1. The molecule has 1 amide bonds. The van der Waals surface area contributed by atoms with E-state index in [0.29, 0.717) is 23.4 Å². The van der Waals surface area contributed by atoms with Gasteiger partial charge in [0.15, 0.2) is 5.84 Å². The zero-order valence-corrected chi connectivity index (χ0v) is 17.6. The number of carbonyl (C=O) groups excluding carboxylic acids is 1. The fraction of sp³-hybridized carbons (Fsp3) is 0.217. The lowest BCUT2D eigenvalue weighted by Gasteiger charge is -2.20. The number of aliphatic imine (C=N–C) groups is 1. The molecule has 0 bridgehead atoms. The van der Waals surface area contributed by atoms with E-state index in [1.807, 2.05) is 54.6 Å². The van der Waals surface area contributed by atoms with Gasteiger partial charge in [-0.3, -0.25) is 10.2 Å². The molecule has 2 heterocycles. The predicted octanol–water partition coefficient (Wildman–Crippen LogP) is 4.93. The van der Waals surface area contributed by atoms with Crippen LogP contribution in [0.1, 0.15) is 31.4 Å². The summed E-state index contributed by atoms with van der Waals surface area (Å²) >= 11 is 1.36. The largest absolute Gasteiger partial charge is 0.489 e. The quantitative estimate of drug-likeness (QED) is 0.675. The maximum absolute atomic E-state index is 12.6. The van der Waals surface area contributed by atoms with E-state index in [-0.39, 0.29) is 11.4 Å². The lowest BCUT2D eigenvalue weighted by molar-refractivity contribution is -0.114. The average Bonchev–Trinajstić information content (AvgIpc) is 3.12. The standard InChI is InChI=1S/C23H22N4O2S/c1-15(2)11-20-26-27-21(24)19(22(28)25-23(27)30-20)13-17-9-6-10-18(12-17)29-14-16-7-4-3-5-8-16/h3-10,12-13,15,24H,11,14H2,1-2H3/b19-13-,24-21?. The summed E-state index contributed by atoms with van der Waals surface area (Å²) in [6.07, 6.45) is 2.46. The molecule has 0 unspecified atom stereocenters.